The fourth-order valence-electron chi connectivity index (χ4n) is 1.71. The van der Waals surface area contributed by atoms with Gasteiger partial charge in [0, 0.05) is 14.2 Å². The van der Waals surface area contributed by atoms with E-state index in [0.717, 1.165) is 0 Å². The van der Waals surface area contributed by atoms with E-state index in [-0.39, 0.29) is 4.90 Å². The second kappa shape index (κ2) is 5.70. The molecule has 0 radical (unpaired) electrons. The van der Waals surface area contributed by atoms with Crippen molar-refractivity contribution in [1.29, 1.82) is 0 Å². The summed E-state index contributed by atoms with van der Waals surface area (Å²) in [5, 5.41) is 0. The van der Waals surface area contributed by atoms with Gasteiger partial charge in [0.1, 0.15) is 0 Å². The third-order valence-corrected chi connectivity index (χ3v) is 4.20. The number of benzene rings is 1. The van der Waals surface area contributed by atoms with Gasteiger partial charge < -0.3 is 9.47 Å². The average molecular weight is 293 g/mol. The zero-order valence-electron chi connectivity index (χ0n) is 11.2. The van der Waals surface area contributed by atoms with Crippen molar-refractivity contribution in [2.75, 3.05) is 14.2 Å². The lowest BCUT2D eigenvalue weighted by Gasteiger charge is -2.25. The van der Waals surface area contributed by atoms with Gasteiger partial charge in [0.2, 0.25) is 5.79 Å². The van der Waals surface area contributed by atoms with E-state index in [9.17, 15) is 8.42 Å². The van der Waals surface area contributed by atoms with Crippen molar-refractivity contribution in [2.45, 2.75) is 10.7 Å². The van der Waals surface area contributed by atoms with Crippen LogP contribution in [0.1, 0.15) is 0 Å². The number of nitrogens with zero attached hydrogens (tertiary/aromatic N) is 1. The average Bonchev–Trinajstić information content (AvgIpc) is 2.49. The van der Waals surface area contributed by atoms with Crippen molar-refractivity contribution >= 4 is 15.7 Å². The van der Waals surface area contributed by atoms with E-state index in [1.54, 1.807) is 42.5 Å². The molecule has 1 aliphatic carbocycles. The highest BCUT2D eigenvalue weighted by atomic mass is 32.2. The van der Waals surface area contributed by atoms with Crippen LogP contribution >= 0.6 is 0 Å². The van der Waals surface area contributed by atoms with E-state index in [1.165, 1.54) is 26.4 Å². The Kier molecular flexibility index (Phi) is 4.17. The fourth-order valence-corrected chi connectivity index (χ4v) is 2.72. The minimum absolute atomic E-state index is 0.157. The summed E-state index contributed by atoms with van der Waals surface area (Å²) in [4.78, 5) is 0.157. The normalized spacial score (nSPS) is 17.2. The summed E-state index contributed by atoms with van der Waals surface area (Å²) in [5.41, 5.74) is 0.318. The van der Waals surface area contributed by atoms with E-state index >= 15 is 0 Å². The van der Waals surface area contributed by atoms with Gasteiger partial charge in [0.05, 0.1) is 10.6 Å². The van der Waals surface area contributed by atoms with Gasteiger partial charge in [-0.3, -0.25) is 0 Å². The molecule has 0 atom stereocenters. The summed E-state index contributed by atoms with van der Waals surface area (Å²) in [6.07, 6.45) is 6.31. The molecule has 0 fully saturated rings. The fraction of sp³-hybridized carbons (Fsp3) is 0.214. The van der Waals surface area contributed by atoms with E-state index < -0.39 is 15.8 Å². The maximum absolute atomic E-state index is 12.1. The van der Waals surface area contributed by atoms with Crippen molar-refractivity contribution in [3.05, 3.63) is 54.6 Å². The Bertz CT molecular complexity index is 638. The summed E-state index contributed by atoms with van der Waals surface area (Å²) >= 11 is 0. The Labute approximate surface area is 118 Å². The van der Waals surface area contributed by atoms with Gasteiger partial charge in [0.25, 0.3) is 10.0 Å². The number of hydrogen-bond acceptors (Lipinski definition) is 4. The number of methoxy groups -OCH3 is 2. The predicted octanol–water partition coefficient (Wildman–Crippen LogP) is 1.93. The molecule has 0 unspecified atom stereocenters. The molecule has 0 saturated heterocycles. The molecule has 106 valence electrons. The lowest BCUT2D eigenvalue weighted by atomic mass is 10.1. The molecule has 1 aromatic rings. The lowest BCUT2D eigenvalue weighted by molar-refractivity contribution is -0.133. The minimum atomic E-state index is -3.71. The minimum Gasteiger partial charge on any atom is -0.346 e. The van der Waals surface area contributed by atoms with Crippen LogP contribution in [0.5, 0.6) is 0 Å². The molecule has 0 aliphatic heterocycles. The van der Waals surface area contributed by atoms with Crippen LogP contribution in [0.3, 0.4) is 0 Å². The second-order valence-electron chi connectivity index (χ2n) is 4.10. The maximum atomic E-state index is 12.1. The van der Waals surface area contributed by atoms with Crippen molar-refractivity contribution in [3.8, 4) is 0 Å². The summed E-state index contributed by atoms with van der Waals surface area (Å²) in [6.45, 7) is 0. The molecule has 6 heteroatoms. The first kappa shape index (κ1) is 14.6. The summed E-state index contributed by atoms with van der Waals surface area (Å²) in [6, 6.07) is 8.06. The quantitative estimate of drug-likeness (QED) is 0.796. The smallest absolute Gasteiger partial charge is 0.282 e. The van der Waals surface area contributed by atoms with Crippen molar-refractivity contribution < 1.29 is 17.9 Å². The number of rotatable bonds is 4. The largest absolute Gasteiger partial charge is 0.346 e. The van der Waals surface area contributed by atoms with Crippen LogP contribution in [0, 0.1) is 0 Å². The van der Waals surface area contributed by atoms with Crippen LogP contribution in [0.15, 0.2) is 63.9 Å². The van der Waals surface area contributed by atoms with Crippen LogP contribution in [-0.4, -0.2) is 34.1 Å². The SMILES string of the molecule is COC1(OC)C=CC(=NS(=O)(=O)c2ccccc2)C=C1. The molecule has 0 aromatic heterocycles. The maximum Gasteiger partial charge on any atom is 0.282 e. The number of ether oxygens (including phenoxy) is 2. The Morgan fingerprint density at radius 1 is 1.00 bits per heavy atom. The van der Waals surface area contributed by atoms with Gasteiger partial charge in [-0.25, -0.2) is 0 Å². The first-order valence-corrected chi connectivity index (χ1v) is 7.34. The lowest BCUT2D eigenvalue weighted by Crippen LogP contribution is -2.30. The van der Waals surface area contributed by atoms with Crippen LogP contribution in [0.4, 0.5) is 0 Å². The highest BCUT2D eigenvalue weighted by molar-refractivity contribution is 7.90. The van der Waals surface area contributed by atoms with Crippen molar-refractivity contribution in [2.24, 2.45) is 4.40 Å². The molecule has 20 heavy (non-hydrogen) atoms. The molecule has 1 aliphatic rings. The first-order valence-electron chi connectivity index (χ1n) is 5.90. The molecule has 0 saturated carbocycles. The van der Waals surface area contributed by atoms with Gasteiger partial charge in [-0.1, -0.05) is 18.2 Å². The topological polar surface area (TPSA) is 65.0 Å². The molecule has 0 N–H and O–H groups in total. The zero-order chi connectivity index (χ0) is 14.6. The summed E-state index contributed by atoms with van der Waals surface area (Å²) < 4.78 is 38.3. The first-order chi connectivity index (χ1) is 9.51. The Hall–Kier alpha value is -1.76. The second-order valence-corrected chi connectivity index (χ2v) is 5.70. The third-order valence-electron chi connectivity index (χ3n) is 2.88. The van der Waals surface area contributed by atoms with Gasteiger partial charge in [0.15, 0.2) is 0 Å². The predicted molar refractivity (Wildman–Crippen MR) is 76.1 cm³/mol. The summed E-state index contributed by atoms with van der Waals surface area (Å²) in [7, 11) is -0.705. The molecular weight excluding hydrogens is 278 g/mol. The molecule has 0 amide bonds. The standard InChI is InChI=1S/C14H15NO4S/c1-18-14(19-2)10-8-12(9-11-14)15-20(16,17)13-6-4-3-5-7-13/h3-11H,1-2H3. The molecule has 0 spiro atoms. The van der Waals surface area contributed by atoms with E-state index in [0.29, 0.717) is 5.71 Å². The van der Waals surface area contributed by atoms with Crippen LogP contribution < -0.4 is 0 Å². The molecule has 2 rings (SSSR count). The molecule has 0 heterocycles. The highest BCUT2D eigenvalue weighted by Crippen LogP contribution is 2.20. The number of hydrogen-bond donors (Lipinski definition) is 0. The Balaban J connectivity index is 2.29. The molecular formula is C14H15NO4S. The number of sulfonamides is 1. The van der Waals surface area contributed by atoms with Crippen LogP contribution in [0.25, 0.3) is 0 Å². The van der Waals surface area contributed by atoms with Gasteiger partial charge in [-0.15, -0.1) is 0 Å². The highest BCUT2D eigenvalue weighted by Gasteiger charge is 2.25. The van der Waals surface area contributed by atoms with Crippen LogP contribution in [-0.2, 0) is 19.5 Å². The third kappa shape index (κ3) is 3.04. The van der Waals surface area contributed by atoms with Gasteiger partial charge in [-0.2, -0.15) is 12.8 Å². The monoisotopic (exact) mass is 293 g/mol. The Morgan fingerprint density at radius 3 is 2.05 bits per heavy atom. The molecule has 0 bridgehead atoms. The molecule has 5 nitrogen and oxygen atoms in total. The molecule has 1 aromatic carbocycles. The van der Waals surface area contributed by atoms with E-state index in [4.69, 9.17) is 9.47 Å². The van der Waals surface area contributed by atoms with Crippen LogP contribution in [0.2, 0.25) is 0 Å². The van der Waals surface area contributed by atoms with E-state index in [1.807, 2.05) is 0 Å². The van der Waals surface area contributed by atoms with Crippen molar-refractivity contribution in [3.63, 3.8) is 0 Å². The van der Waals surface area contributed by atoms with Crippen molar-refractivity contribution in [1.82, 2.24) is 0 Å². The number of allylic oxidation sites excluding steroid dienone is 2. The Morgan fingerprint density at radius 2 is 1.55 bits per heavy atom. The summed E-state index contributed by atoms with van der Waals surface area (Å²) in [5.74, 6) is -0.963. The van der Waals surface area contributed by atoms with E-state index in [2.05, 4.69) is 4.40 Å². The zero-order valence-corrected chi connectivity index (χ0v) is 12.0. The van der Waals surface area contributed by atoms with Gasteiger partial charge >= 0.3 is 0 Å². The van der Waals surface area contributed by atoms with Gasteiger partial charge in [-0.05, 0) is 36.4 Å².